The van der Waals surface area contributed by atoms with Crippen molar-refractivity contribution >= 4 is 5.97 Å². The van der Waals surface area contributed by atoms with Crippen molar-refractivity contribution in [1.29, 1.82) is 0 Å². The van der Waals surface area contributed by atoms with Crippen molar-refractivity contribution in [1.82, 2.24) is 0 Å². The van der Waals surface area contributed by atoms with Gasteiger partial charge in [0, 0.05) is 5.92 Å². The highest BCUT2D eigenvalue weighted by Gasteiger charge is 2.36. The maximum absolute atomic E-state index is 10.8. The Morgan fingerprint density at radius 3 is 2.68 bits per heavy atom. The maximum Gasteiger partial charge on any atom is 0.303 e. The minimum absolute atomic E-state index is 0.0283. The molecular formula is C15H20O4. The number of hydrogen-bond donors (Lipinski definition) is 2. The first-order chi connectivity index (χ1) is 9.16. The fraction of sp³-hybridized carbons (Fsp3) is 0.533. The van der Waals surface area contributed by atoms with Crippen molar-refractivity contribution in [3.63, 3.8) is 0 Å². The Bertz CT molecular complexity index is 404. The number of ether oxygens (including phenoxy) is 1. The number of aliphatic hydroxyl groups excluding tert-OH is 1. The first-order valence-corrected chi connectivity index (χ1v) is 6.68. The normalized spacial score (nSPS) is 26.5. The van der Waals surface area contributed by atoms with Crippen LogP contribution in [0.25, 0.3) is 0 Å². The molecule has 1 aliphatic carbocycles. The van der Waals surface area contributed by atoms with E-state index < -0.39 is 12.1 Å². The SMILES string of the molecule is O=C(O)C[C@@H]1[C@@H](COCc2ccccc2)CC[C@@H]1O. The van der Waals surface area contributed by atoms with E-state index >= 15 is 0 Å². The Hall–Kier alpha value is -1.39. The molecule has 1 aromatic carbocycles. The zero-order valence-electron chi connectivity index (χ0n) is 10.9. The third-order valence-electron chi connectivity index (χ3n) is 3.79. The Morgan fingerprint density at radius 2 is 2.00 bits per heavy atom. The summed E-state index contributed by atoms with van der Waals surface area (Å²) >= 11 is 0. The van der Waals surface area contributed by atoms with Crippen LogP contribution in [-0.4, -0.2) is 28.9 Å². The van der Waals surface area contributed by atoms with Gasteiger partial charge in [-0.25, -0.2) is 0 Å². The van der Waals surface area contributed by atoms with Gasteiger partial charge in [-0.2, -0.15) is 0 Å². The molecule has 2 rings (SSSR count). The van der Waals surface area contributed by atoms with Crippen LogP contribution in [0, 0.1) is 11.8 Å². The lowest BCUT2D eigenvalue weighted by molar-refractivity contribution is -0.139. The number of aliphatic carboxylic acids is 1. The molecule has 0 heterocycles. The van der Waals surface area contributed by atoms with Crippen LogP contribution in [0.1, 0.15) is 24.8 Å². The molecule has 0 amide bonds. The molecule has 1 aromatic rings. The number of benzene rings is 1. The number of hydrogen-bond acceptors (Lipinski definition) is 3. The van der Waals surface area contributed by atoms with Gasteiger partial charge in [0.05, 0.1) is 25.7 Å². The van der Waals surface area contributed by atoms with Crippen LogP contribution in [0.5, 0.6) is 0 Å². The van der Waals surface area contributed by atoms with Crippen molar-refractivity contribution in [2.24, 2.45) is 11.8 Å². The fourth-order valence-corrected chi connectivity index (χ4v) is 2.74. The molecule has 1 fully saturated rings. The first kappa shape index (κ1) is 14.0. The van der Waals surface area contributed by atoms with E-state index in [-0.39, 0.29) is 18.3 Å². The van der Waals surface area contributed by atoms with Gasteiger partial charge in [-0.05, 0) is 24.3 Å². The van der Waals surface area contributed by atoms with E-state index in [1.54, 1.807) is 0 Å². The topological polar surface area (TPSA) is 66.8 Å². The maximum atomic E-state index is 10.8. The van der Waals surface area contributed by atoms with Crippen LogP contribution in [0.4, 0.5) is 0 Å². The van der Waals surface area contributed by atoms with Gasteiger partial charge in [-0.1, -0.05) is 30.3 Å². The summed E-state index contributed by atoms with van der Waals surface area (Å²) in [5.41, 5.74) is 1.11. The number of carboxylic acid groups (broad SMARTS) is 1. The van der Waals surface area contributed by atoms with E-state index in [4.69, 9.17) is 9.84 Å². The molecule has 3 atom stereocenters. The number of carbonyl (C=O) groups is 1. The molecule has 0 radical (unpaired) electrons. The summed E-state index contributed by atoms with van der Waals surface area (Å²) in [7, 11) is 0. The molecule has 0 aliphatic heterocycles. The van der Waals surface area contributed by atoms with E-state index in [9.17, 15) is 9.90 Å². The molecule has 0 bridgehead atoms. The molecule has 1 saturated carbocycles. The van der Waals surface area contributed by atoms with Crippen molar-refractivity contribution < 1.29 is 19.7 Å². The second-order valence-electron chi connectivity index (χ2n) is 5.17. The van der Waals surface area contributed by atoms with Gasteiger partial charge in [0.1, 0.15) is 0 Å². The molecule has 4 nitrogen and oxygen atoms in total. The van der Waals surface area contributed by atoms with Crippen LogP contribution >= 0.6 is 0 Å². The third-order valence-corrected chi connectivity index (χ3v) is 3.79. The molecule has 0 saturated heterocycles. The van der Waals surface area contributed by atoms with Crippen molar-refractivity contribution in [3.05, 3.63) is 35.9 Å². The summed E-state index contributed by atoms with van der Waals surface area (Å²) in [6.45, 7) is 1.05. The van der Waals surface area contributed by atoms with E-state index in [1.165, 1.54) is 0 Å². The highest BCUT2D eigenvalue weighted by molar-refractivity contribution is 5.67. The number of carboxylic acids is 1. The monoisotopic (exact) mass is 264 g/mol. The molecule has 0 spiro atoms. The largest absolute Gasteiger partial charge is 0.481 e. The lowest BCUT2D eigenvalue weighted by Gasteiger charge is -2.20. The predicted molar refractivity (Wildman–Crippen MR) is 70.6 cm³/mol. The molecule has 1 aliphatic rings. The Balaban J connectivity index is 1.80. The minimum Gasteiger partial charge on any atom is -0.481 e. The molecule has 4 heteroatoms. The van der Waals surface area contributed by atoms with E-state index in [0.29, 0.717) is 19.6 Å². The standard InChI is InChI=1S/C15H20O4/c16-14-7-6-12(13(14)8-15(17)18)10-19-9-11-4-2-1-3-5-11/h1-5,12-14,16H,6-10H2,(H,17,18)/t12-,13-,14+/m1/s1. The smallest absolute Gasteiger partial charge is 0.303 e. The molecule has 0 unspecified atom stereocenters. The average molecular weight is 264 g/mol. The number of aliphatic hydroxyl groups is 1. The van der Waals surface area contributed by atoms with Crippen LogP contribution in [-0.2, 0) is 16.1 Å². The van der Waals surface area contributed by atoms with Crippen LogP contribution < -0.4 is 0 Å². The zero-order valence-corrected chi connectivity index (χ0v) is 10.9. The van der Waals surface area contributed by atoms with Gasteiger partial charge in [0.25, 0.3) is 0 Å². The molecule has 2 N–H and O–H groups in total. The summed E-state index contributed by atoms with van der Waals surface area (Å²) in [5, 5.41) is 18.7. The highest BCUT2D eigenvalue weighted by Crippen LogP contribution is 2.34. The molecule has 104 valence electrons. The predicted octanol–water partition coefficient (Wildman–Crippen LogP) is 2.06. The first-order valence-electron chi connectivity index (χ1n) is 6.68. The van der Waals surface area contributed by atoms with Gasteiger partial charge >= 0.3 is 5.97 Å². The van der Waals surface area contributed by atoms with Crippen molar-refractivity contribution in [2.45, 2.75) is 32.0 Å². The van der Waals surface area contributed by atoms with Gasteiger partial charge in [-0.3, -0.25) is 4.79 Å². The summed E-state index contributed by atoms with van der Waals surface area (Å²) < 4.78 is 5.66. The lowest BCUT2D eigenvalue weighted by atomic mass is 9.92. The third kappa shape index (κ3) is 4.04. The Morgan fingerprint density at radius 1 is 1.26 bits per heavy atom. The fourth-order valence-electron chi connectivity index (χ4n) is 2.74. The minimum atomic E-state index is -0.848. The summed E-state index contributed by atoms with van der Waals surface area (Å²) in [6, 6.07) is 9.88. The van der Waals surface area contributed by atoms with Crippen LogP contribution in [0.3, 0.4) is 0 Å². The van der Waals surface area contributed by atoms with Gasteiger partial charge in [0.15, 0.2) is 0 Å². The van der Waals surface area contributed by atoms with E-state index in [1.807, 2.05) is 30.3 Å². The van der Waals surface area contributed by atoms with Gasteiger partial charge < -0.3 is 14.9 Å². The van der Waals surface area contributed by atoms with Crippen molar-refractivity contribution in [2.75, 3.05) is 6.61 Å². The second kappa shape index (κ2) is 6.68. The molecule has 0 aromatic heterocycles. The van der Waals surface area contributed by atoms with Crippen molar-refractivity contribution in [3.8, 4) is 0 Å². The number of rotatable bonds is 6. The molecule has 19 heavy (non-hydrogen) atoms. The van der Waals surface area contributed by atoms with Crippen LogP contribution in [0.15, 0.2) is 30.3 Å². The quantitative estimate of drug-likeness (QED) is 0.825. The Kier molecular flexibility index (Phi) is 4.93. The summed E-state index contributed by atoms with van der Waals surface area (Å²) in [4.78, 5) is 10.8. The van der Waals surface area contributed by atoms with Gasteiger partial charge in [-0.15, -0.1) is 0 Å². The highest BCUT2D eigenvalue weighted by atomic mass is 16.5. The average Bonchev–Trinajstić information content (AvgIpc) is 2.72. The van der Waals surface area contributed by atoms with E-state index in [2.05, 4.69) is 0 Å². The second-order valence-corrected chi connectivity index (χ2v) is 5.17. The molecular weight excluding hydrogens is 244 g/mol. The van der Waals surface area contributed by atoms with Crippen LogP contribution in [0.2, 0.25) is 0 Å². The summed E-state index contributed by atoms with van der Waals surface area (Å²) in [6.07, 6.45) is 1.05. The van der Waals surface area contributed by atoms with Gasteiger partial charge in [0.2, 0.25) is 0 Å². The summed E-state index contributed by atoms with van der Waals surface area (Å²) in [5.74, 6) is -0.873. The van der Waals surface area contributed by atoms with E-state index in [0.717, 1.165) is 12.0 Å². The zero-order chi connectivity index (χ0) is 13.7. The lowest BCUT2D eigenvalue weighted by Crippen LogP contribution is -2.25. The Labute approximate surface area is 113 Å².